The van der Waals surface area contributed by atoms with Crippen LogP contribution in [-0.2, 0) is 4.74 Å². The van der Waals surface area contributed by atoms with Crippen LogP contribution < -0.4 is 15.1 Å². The van der Waals surface area contributed by atoms with E-state index in [1.807, 2.05) is 12.1 Å². The molecule has 1 unspecified atom stereocenters. The first-order valence-electron chi connectivity index (χ1n) is 10.5. The lowest BCUT2D eigenvalue weighted by Gasteiger charge is -2.37. The summed E-state index contributed by atoms with van der Waals surface area (Å²) in [5.74, 6) is 0.848. The third-order valence-corrected chi connectivity index (χ3v) is 6.04. The third-order valence-electron chi connectivity index (χ3n) is 6.04. The Morgan fingerprint density at radius 1 is 1.14 bits per heavy atom. The van der Waals surface area contributed by atoms with E-state index >= 15 is 0 Å². The van der Waals surface area contributed by atoms with Crippen molar-refractivity contribution >= 4 is 17.4 Å². The standard InChI is InChI=1S/C23H30N4O2/c1-17-5-3-7-21(18(17)2)26-10-12-27(13-11-26)22-9-8-19(15-24-22)23(28)25-16-20-6-4-14-29-20/h3,5,7-9,15,20H,4,6,10-14,16H2,1-2H3,(H,25,28). The van der Waals surface area contributed by atoms with E-state index in [-0.39, 0.29) is 12.0 Å². The van der Waals surface area contributed by atoms with Crippen molar-refractivity contribution in [2.75, 3.05) is 49.1 Å². The average molecular weight is 395 g/mol. The number of aryl methyl sites for hydroxylation is 1. The Kier molecular flexibility index (Phi) is 6.00. The molecule has 1 N–H and O–H groups in total. The summed E-state index contributed by atoms with van der Waals surface area (Å²) in [5, 5.41) is 2.95. The molecular weight excluding hydrogens is 364 g/mol. The van der Waals surface area contributed by atoms with Crippen LogP contribution in [0.1, 0.15) is 34.3 Å². The molecule has 0 radical (unpaired) electrons. The Bertz CT molecular complexity index is 838. The van der Waals surface area contributed by atoms with Crippen LogP contribution in [0.15, 0.2) is 36.5 Å². The molecule has 154 valence electrons. The summed E-state index contributed by atoms with van der Waals surface area (Å²) < 4.78 is 5.55. The number of carbonyl (C=O) groups is 1. The zero-order chi connectivity index (χ0) is 20.2. The topological polar surface area (TPSA) is 57.7 Å². The molecule has 3 heterocycles. The Morgan fingerprint density at radius 3 is 2.62 bits per heavy atom. The normalized spacial score (nSPS) is 19.4. The number of carbonyl (C=O) groups excluding carboxylic acids is 1. The number of rotatable bonds is 5. The third kappa shape index (κ3) is 4.53. The predicted molar refractivity (Wildman–Crippen MR) is 116 cm³/mol. The molecule has 1 amide bonds. The highest BCUT2D eigenvalue weighted by molar-refractivity contribution is 5.94. The maximum atomic E-state index is 12.3. The number of pyridine rings is 1. The van der Waals surface area contributed by atoms with E-state index in [9.17, 15) is 4.79 Å². The van der Waals surface area contributed by atoms with Gasteiger partial charge in [0.15, 0.2) is 0 Å². The van der Waals surface area contributed by atoms with E-state index in [0.29, 0.717) is 12.1 Å². The summed E-state index contributed by atoms with van der Waals surface area (Å²) in [4.78, 5) is 21.6. The van der Waals surface area contributed by atoms with Crippen LogP contribution in [0.3, 0.4) is 0 Å². The lowest BCUT2D eigenvalue weighted by molar-refractivity contribution is 0.0857. The molecule has 1 atom stereocenters. The smallest absolute Gasteiger partial charge is 0.252 e. The van der Waals surface area contributed by atoms with Gasteiger partial charge >= 0.3 is 0 Å². The summed E-state index contributed by atoms with van der Waals surface area (Å²) in [6.45, 7) is 9.51. The van der Waals surface area contributed by atoms with Gasteiger partial charge in [-0.3, -0.25) is 4.79 Å². The van der Waals surface area contributed by atoms with Gasteiger partial charge in [0.25, 0.3) is 5.91 Å². The van der Waals surface area contributed by atoms with Gasteiger partial charge in [0.05, 0.1) is 11.7 Å². The van der Waals surface area contributed by atoms with E-state index in [1.54, 1.807) is 6.20 Å². The number of nitrogens with zero attached hydrogens (tertiary/aromatic N) is 3. The monoisotopic (exact) mass is 394 g/mol. The minimum Gasteiger partial charge on any atom is -0.376 e. The summed E-state index contributed by atoms with van der Waals surface area (Å²) in [7, 11) is 0. The van der Waals surface area contributed by atoms with Crippen LogP contribution >= 0.6 is 0 Å². The van der Waals surface area contributed by atoms with E-state index in [1.165, 1.54) is 16.8 Å². The number of amides is 1. The van der Waals surface area contributed by atoms with Crippen LogP contribution in [0.25, 0.3) is 0 Å². The molecule has 0 bridgehead atoms. The Hall–Kier alpha value is -2.60. The zero-order valence-corrected chi connectivity index (χ0v) is 17.4. The van der Waals surface area contributed by atoms with Crippen molar-refractivity contribution in [1.82, 2.24) is 10.3 Å². The number of anilines is 2. The van der Waals surface area contributed by atoms with Crippen molar-refractivity contribution in [3.63, 3.8) is 0 Å². The second-order valence-corrected chi connectivity index (χ2v) is 7.94. The Labute approximate surface area is 172 Å². The molecule has 1 aromatic heterocycles. The molecule has 6 nitrogen and oxygen atoms in total. The summed E-state index contributed by atoms with van der Waals surface area (Å²) in [5.41, 5.74) is 4.62. The number of hydrogen-bond donors (Lipinski definition) is 1. The SMILES string of the molecule is Cc1cccc(N2CCN(c3ccc(C(=O)NCC4CCCO4)cn3)CC2)c1C. The van der Waals surface area contributed by atoms with Crippen molar-refractivity contribution in [3.8, 4) is 0 Å². The Balaban J connectivity index is 1.32. The maximum absolute atomic E-state index is 12.3. The molecule has 0 saturated carbocycles. The van der Waals surface area contributed by atoms with Gasteiger partial charge in [-0.25, -0.2) is 4.98 Å². The van der Waals surface area contributed by atoms with Crippen LogP contribution in [-0.4, -0.2) is 56.3 Å². The molecule has 4 rings (SSSR count). The molecular formula is C23H30N4O2. The number of benzene rings is 1. The van der Waals surface area contributed by atoms with Gasteiger partial charge in [0.2, 0.25) is 0 Å². The van der Waals surface area contributed by atoms with Gasteiger partial charge in [-0.2, -0.15) is 0 Å². The van der Waals surface area contributed by atoms with Crippen LogP contribution in [0, 0.1) is 13.8 Å². The molecule has 0 aliphatic carbocycles. The van der Waals surface area contributed by atoms with Crippen LogP contribution in [0.5, 0.6) is 0 Å². The van der Waals surface area contributed by atoms with Crippen LogP contribution in [0.2, 0.25) is 0 Å². The van der Waals surface area contributed by atoms with Gasteiger partial charge in [-0.1, -0.05) is 12.1 Å². The quantitative estimate of drug-likeness (QED) is 0.845. The highest BCUT2D eigenvalue weighted by Gasteiger charge is 2.20. The summed E-state index contributed by atoms with van der Waals surface area (Å²) in [6, 6.07) is 10.3. The van der Waals surface area contributed by atoms with E-state index in [4.69, 9.17) is 4.74 Å². The Morgan fingerprint density at radius 2 is 1.93 bits per heavy atom. The van der Waals surface area contributed by atoms with E-state index in [2.05, 4.69) is 52.1 Å². The number of nitrogens with one attached hydrogen (secondary N) is 1. The second-order valence-electron chi connectivity index (χ2n) is 7.94. The fourth-order valence-electron chi connectivity index (χ4n) is 4.08. The fourth-order valence-corrected chi connectivity index (χ4v) is 4.08. The molecule has 6 heteroatoms. The molecule has 2 aromatic rings. The predicted octanol–water partition coefficient (Wildman–Crippen LogP) is 2.93. The van der Waals surface area contributed by atoms with Gasteiger partial charge in [-0.15, -0.1) is 0 Å². The second kappa shape index (κ2) is 8.82. The number of piperazine rings is 1. The van der Waals surface area contributed by atoms with Crippen molar-refractivity contribution in [2.24, 2.45) is 0 Å². The molecule has 1 aromatic carbocycles. The van der Waals surface area contributed by atoms with E-state index in [0.717, 1.165) is 51.4 Å². The first-order valence-corrected chi connectivity index (χ1v) is 10.5. The molecule has 29 heavy (non-hydrogen) atoms. The fraction of sp³-hybridized carbons (Fsp3) is 0.478. The van der Waals surface area contributed by atoms with Gasteiger partial charge < -0.3 is 19.9 Å². The van der Waals surface area contributed by atoms with Crippen molar-refractivity contribution in [1.29, 1.82) is 0 Å². The number of aromatic nitrogens is 1. The van der Waals surface area contributed by atoms with Gasteiger partial charge in [0, 0.05) is 51.2 Å². The van der Waals surface area contributed by atoms with Crippen LogP contribution in [0.4, 0.5) is 11.5 Å². The molecule has 2 aliphatic rings. The van der Waals surface area contributed by atoms with Gasteiger partial charge in [0.1, 0.15) is 5.82 Å². The average Bonchev–Trinajstić information content (AvgIpc) is 3.28. The van der Waals surface area contributed by atoms with Gasteiger partial charge in [-0.05, 0) is 56.0 Å². The lowest BCUT2D eigenvalue weighted by atomic mass is 10.1. The number of hydrogen-bond acceptors (Lipinski definition) is 5. The minimum absolute atomic E-state index is 0.0840. The molecule has 2 aliphatic heterocycles. The summed E-state index contributed by atoms with van der Waals surface area (Å²) in [6.07, 6.45) is 3.93. The maximum Gasteiger partial charge on any atom is 0.252 e. The largest absolute Gasteiger partial charge is 0.376 e. The molecule has 2 saturated heterocycles. The van der Waals surface area contributed by atoms with Crippen molar-refractivity contribution < 1.29 is 9.53 Å². The number of ether oxygens (including phenoxy) is 1. The highest BCUT2D eigenvalue weighted by Crippen LogP contribution is 2.25. The first-order chi connectivity index (χ1) is 14.1. The van der Waals surface area contributed by atoms with Crippen molar-refractivity contribution in [2.45, 2.75) is 32.8 Å². The van der Waals surface area contributed by atoms with E-state index < -0.39 is 0 Å². The highest BCUT2D eigenvalue weighted by atomic mass is 16.5. The molecule has 0 spiro atoms. The lowest BCUT2D eigenvalue weighted by Crippen LogP contribution is -2.47. The molecule has 2 fully saturated rings. The minimum atomic E-state index is -0.0840. The summed E-state index contributed by atoms with van der Waals surface area (Å²) >= 11 is 0. The first kappa shape index (κ1) is 19.7. The zero-order valence-electron chi connectivity index (χ0n) is 17.4. The van der Waals surface area contributed by atoms with Crippen molar-refractivity contribution in [3.05, 3.63) is 53.2 Å².